The van der Waals surface area contributed by atoms with E-state index >= 15 is 0 Å². The van der Waals surface area contributed by atoms with E-state index in [0.717, 1.165) is 11.8 Å². The van der Waals surface area contributed by atoms with Crippen molar-refractivity contribution in [1.29, 1.82) is 0 Å². The van der Waals surface area contributed by atoms with Gasteiger partial charge in [-0.25, -0.2) is 24.3 Å². The molecule has 1 aliphatic carbocycles. The van der Waals surface area contributed by atoms with Crippen molar-refractivity contribution in [2.45, 2.75) is 31.6 Å². The smallest absolute Gasteiger partial charge is 0.214 e. The van der Waals surface area contributed by atoms with Gasteiger partial charge in [-0.1, -0.05) is 36.8 Å². The molecule has 0 heterocycles. The molecule has 0 saturated heterocycles. The third-order valence-corrected chi connectivity index (χ3v) is 4.67. The fourth-order valence-electron chi connectivity index (χ4n) is 3.59. The van der Waals surface area contributed by atoms with Gasteiger partial charge in [-0.2, -0.15) is 35.9 Å². The summed E-state index contributed by atoms with van der Waals surface area (Å²) in [7, 11) is 0. The van der Waals surface area contributed by atoms with Gasteiger partial charge in [0.05, 0.1) is 0 Å². The summed E-state index contributed by atoms with van der Waals surface area (Å²) in [6.07, 6.45) is 5.41. The SMILES string of the molecule is [Fe+2].c1cc[cH-]c1.c1ccc(CC2CCCC2c2ccc[cH-]2)cc1. The van der Waals surface area contributed by atoms with E-state index in [2.05, 4.69) is 54.6 Å². The minimum Gasteiger partial charge on any atom is -0.214 e. The fraction of sp³-hybridized carbons (Fsp3) is 0.273. The van der Waals surface area contributed by atoms with Crippen LogP contribution in [0.1, 0.15) is 36.3 Å². The molecular weight excluding hydrogens is 320 g/mol. The third kappa shape index (κ3) is 5.23. The van der Waals surface area contributed by atoms with Crippen LogP contribution in [0.25, 0.3) is 0 Å². The molecule has 4 rings (SSSR count). The van der Waals surface area contributed by atoms with Crippen molar-refractivity contribution < 1.29 is 17.1 Å². The molecule has 1 aliphatic rings. The van der Waals surface area contributed by atoms with Crippen molar-refractivity contribution in [1.82, 2.24) is 0 Å². The molecule has 0 nitrogen and oxygen atoms in total. The molecule has 0 aromatic heterocycles. The second-order valence-corrected chi connectivity index (χ2v) is 6.17. The second-order valence-electron chi connectivity index (χ2n) is 6.17. The zero-order chi connectivity index (χ0) is 15.0. The second kappa shape index (κ2) is 9.55. The van der Waals surface area contributed by atoms with Crippen molar-refractivity contribution in [3.8, 4) is 0 Å². The van der Waals surface area contributed by atoms with Crippen LogP contribution < -0.4 is 0 Å². The van der Waals surface area contributed by atoms with E-state index in [4.69, 9.17) is 0 Å². The van der Waals surface area contributed by atoms with Crippen LogP contribution in [0.5, 0.6) is 0 Å². The van der Waals surface area contributed by atoms with Crippen LogP contribution in [0.2, 0.25) is 0 Å². The average Bonchev–Trinajstić information content (AvgIpc) is 3.32. The summed E-state index contributed by atoms with van der Waals surface area (Å²) in [6, 6.07) is 29.9. The Morgan fingerprint density at radius 2 is 1.61 bits per heavy atom. The van der Waals surface area contributed by atoms with E-state index in [0.29, 0.717) is 0 Å². The average molecular weight is 344 g/mol. The van der Waals surface area contributed by atoms with Gasteiger partial charge in [0.25, 0.3) is 0 Å². The van der Waals surface area contributed by atoms with Crippen LogP contribution in [0.15, 0.2) is 84.9 Å². The Morgan fingerprint density at radius 3 is 2.22 bits per heavy atom. The maximum Gasteiger partial charge on any atom is 2.00 e. The summed E-state index contributed by atoms with van der Waals surface area (Å²) in [6.45, 7) is 0. The Labute approximate surface area is 150 Å². The monoisotopic (exact) mass is 344 g/mol. The van der Waals surface area contributed by atoms with Gasteiger partial charge >= 0.3 is 17.1 Å². The van der Waals surface area contributed by atoms with Crippen LogP contribution >= 0.6 is 0 Å². The first-order chi connectivity index (χ1) is 10.9. The Balaban J connectivity index is 0.000000276. The van der Waals surface area contributed by atoms with Gasteiger partial charge in [0.2, 0.25) is 0 Å². The maximum absolute atomic E-state index is 2.30. The molecule has 0 N–H and O–H groups in total. The summed E-state index contributed by atoms with van der Waals surface area (Å²) < 4.78 is 0. The van der Waals surface area contributed by atoms with Crippen molar-refractivity contribution in [2.24, 2.45) is 5.92 Å². The molecule has 0 radical (unpaired) electrons. The molecular formula is C22H24Fe. The van der Waals surface area contributed by atoms with Gasteiger partial charge in [-0.05, 0) is 36.7 Å². The van der Waals surface area contributed by atoms with E-state index < -0.39 is 0 Å². The van der Waals surface area contributed by atoms with Crippen LogP contribution in [0, 0.1) is 5.92 Å². The Bertz CT molecular complexity index is 590. The van der Waals surface area contributed by atoms with Gasteiger partial charge in [-0.3, -0.25) is 0 Å². The van der Waals surface area contributed by atoms with Crippen LogP contribution in [-0.2, 0) is 23.5 Å². The molecule has 1 fully saturated rings. The molecule has 1 heteroatoms. The van der Waals surface area contributed by atoms with Gasteiger partial charge in [0.1, 0.15) is 0 Å². The van der Waals surface area contributed by atoms with E-state index in [1.807, 2.05) is 30.3 Å². The molecule has 23 heavy (non-hydrogen) atoms. The predicted octanol–water partition coefficient (Wildman–Crippen LogP) is 5.93. The van der Waals surface area contributed by atoms with E-state index in [-0.39, 0.29) is 17.1 Å². The summed E-state index contributed by atoms with van der Waals surface area (Å²) in [5.74, 6) is 1.64. The van der Waals surface area contributed by atoms with Gasteiger partial charge in [0, 0.05) is 0 Å². The molecule has 3 aromatic rings. The Kier molecular flexibility index (Phi) is 7.39. The number of benzene rings is 1. The zero-order valence-corrected chi connectivity index (χ0v) is 14.5. The minimum absolute atomic E-state index is 0. The summed E-state index contributed by atoms with van der Waals surface area (Å²) in [5, 5.41) is 0. The standard InChI is InChI=1S/C17H19.C5H5.Fe/c1-2-7-14(8-3-1)13-16-11-6-12-17(16)15-9-4-5-10-15;1-2-4-5-3-1;/h1-5,7-10,16-17H,6,11-13H2;1-5H;/q2*-1;+2. The largest absolute Gasteiger partial charge is 2.00 e. The molecule has 1 saturated carbocycles. The first-order valence-corrected chi connectivity index (χ1v) is 8.36. The Morgan fingerprint density at radius 1 is 0.826 bits per heavy atom. The molecule has 0 aliphatic heterocycles. The molecule has 120 valence electrons. The van der Waals surface area contributed by atoms with Gasteiger partial charge in [0.15, 0.2) is 0 Å². The Hall–Kier alpha value is -1.56. The van der Waals surface area contributed by atoms with E-state index in [1.165, 1.54) is 31.2 Å². The molecule has 2 atom stereocenters. The summed E-state index contributed by atoms with van der Waals surface area (Å²) in [4.78, 5) is 0. The molecule has 3 aromatic carbocycles. The number of hydrogen-bond acceptors (Lipinski definition) is 0. The maximum atomic E-state index is 2.30. The van der Waals surface area contributed by atoms with Crippen molar-refractivity contribution >= 4 is 0 Å². The van der Waals surface area contributed by atoms with Gasteiger partial charge in [-0.15, -0.1) is 0 Å². The van der Waals surface area contributed by atoms with Crippen LogP contribution in [-0.4, -0.2) is 0 Å². The van der Waals surface area contributed by atoms with Crippen molar-refractivity contribution in [3.05, 3.63) is 96.1 Å². The van der Waals surface area contributed by atoms with E-state index in [1.54, 1.807) is 5.56 Å². The normalized spacial score (nSPS) is 19.5. The zero-order valence-electron chi connectivity index (χ0n) is 13.4. The topological polar surface area (TPSA) is 0 Å². The van der Waals surface area contributed by atoms with Crippen molar-refractivity contribution in [2.75, 3.05) is 0 Å². The molecule has 0 spiro atoms. The molecule has 0 amide bonds. The predicted molar refractivity (Wildman–Crippen MR) is 94.3 cm³/mol. The van der Waals surface area contributed by atoms with Crippen molar-refractivity contribution in [3.63, 3.8) is 0 Å². The molecule has 2 unspecified atom stereocenters. The fourth-order valence-corrected chi connectivity index (χ4v) is 3.59. The first kappa shape index (κ1) is 17.8. The summed E-state index contributed by atoms with van der Waals surface area (Å²) in [5.41, 5.74) is 3.05. The van der Waals surface area contributed by atoms with E-state index in [9.17, 15) is 0 Å². The quantitative estimate of drug-likeness (QED) is 0.408. The van der Waals surface area contributed by atoms with Crippen LogP contribution in [0.3, 0.4) is 0 Å². The third-order valence-electron chi connectivity index (χ3n) is 4.67. The van der Waals surface area contributed by atoms with Gasteiger partial charge < -0.3 is 0 Å². The summed E-state index contributed by atoms with van der Waals surface area (Å²) >= 11 is 0. The first-order valence-electron chi connectivity index (χ1n) is 8.36. The van der Waals surface area contributed by atoms with Crippen LogP contribution in [0.4, 0.5) is 0 Å². The minimum atomic E-state index is 0. The number of hydrogen-bond donors (Lipinski definition) is 0. The molecule has 0 bridgehead atoms. The number of rotatable bonds is 3.